The van der Waals surface area contributed by atoms with E-state index >= 15 is 0 Å². The Hall–Kier alpha value is -3.04. The zero-order valence-electron chi connectivity index (χ0n) is 23.4. The monoisotopic (exact) mass is 550 g/mol. The van der Waals surface area contributed by atoms with Gasteiger partial charge in [0.1, 0.15) is 6.54 Å². The van der Waals surface area contributed by atoms with E-state index in [1.165, 1.54) is 18.2 Å². The number of carbonyl (C=O) groups excluding carboxylic acids is 2. The van der Waals surface area contributed by atoms with Crippen LogP contribution in [0, 0.1) is 5.92 Å². The number of aliphatic hydroxyl groups excluding tert-OH is 1. The molecule has 8 heteroatoms. The first-order chi connectivity index (χ1) is 19.5. The van der Waals surface area contributed by atoms with Crippen molar-refractivity contribution in [3.63, 3.8) is 0 Å². The molecule has 40 heavy (non-hydrogen) atoms. The highest BCUT2D eigenvalue weighted by molar-refractivity contribution is 5.81. The van der Waals surface area contributed by atoms with Crippen LogP contribution >= 0.6 is 0 Å². The van der Waals surface area contributed by atoms with Crippen LogP contribution in [0.3, 0.4) is 0 Å². The molecule has 2 aromatic carbocycles. The summed E-state index contributed by atoms with van der Waals surface area (Å²) in [4.78, 5) is 25.4. The number of esters is 1. The number of benzene rings is 2. The number of nitrogens with zero attached hydrogens (tertiary/aromatic N) is 1. The molecule has 0 unspecified atom stereocenters. The minimum absolute atomic E-state index is 0.0307. The van der Waals surface area contributed by atoms with Gasteiger partial charge in [0.2, 0.25) is 5.91 Å². The van der Waals surface area contributed by atoms with Crippen molar-refractivity contribution in [3.05, 3.63) is 72.3 Å². The lowest BCUT2D eigenvalue weighted by Gasteiger charge is -2.37. The van der Waals surface area contributed by atoms with Crippen molar-refractivity contribution in [2.45, 2.75) is 57.0 Å². The fraction of sp³-hybridized carbons (Fsp3) is 0.500. The van der Waals surface area contributed by atoms with E-state index in [9.17, 15) is 14.7 Å². The van der Waals surface area contributed by atoms with Crippen molar-refractivity contribution in [1.82, 2.24) is 10.2 Å². The maximum Gasteiger partial charge on any atom is 0.325 e. The lowest BCUT2D eigenvalue weighted by Crippen LogP contribution is -2.50. The number of allylic oxidation sites excluding steroid dienone is 2. The van der Waals surface area contributed by atoms with E-state index in [0.717, 1.165) is 31.5 Å². The largest absolute Gasteiger partial charge is 0.468 e. The van der Waals surface area contributed by atoms with Gasteiger partial charge in [0, 0.05) is 37.9 Å². The number of hydrogen-bond donors (Lipinski definition) is 2. The molecule has 0 radical (unpaired) electrons. The van der Waals surface area contributed by atoms with Crippen LogP contribution in [0.15, 0.2) is 66.7 Å². The molecule has 2 aliphatic rings. The normalized spacial score (nSPS) is 23.4. The van der Waals surface area contributed by atoms with Gasteiger partial charge in [-0.2, -0.15) is 0 Å². The van der Waals surface area contributed by atoms with E-state index in [1.54, 1.807) is 0 Å². The van der Waals surface area contributed by atoms with Crippen LogP contribution in [0.1, 0.15) is 37.7 Å². The van der Waals surface area contributed by atoms with Crippen LogP contribution in [0.25, 0.3) is 11.1 Å². The number of aliphatic hydroxyl groups is 1. The molecule has 1 heterocycles. The van der Waals surface area contributed by atoms with Crippen LogP contribution in [-0.4, -0.2) is 80.1 Å². The minimum atomic E-state index is -0.456. The molecule has 4 atom stereocenters. The topological polar surface area (TPSA) is 97.3 Å². The fourth-order valence-corrected chi connectivity index (χ4v) is 5.64. The molecule has 1 aliphatic heterocycles. The number of unbranched alkanes of at least 4 members (excludes halogenated alkanes) is 1. The third-order valence-corrected chi connectivity index (χ3v) is 7.78. The molecule has 8 nitrogen and oxygen atoms in total. The Kier molecular flexibility index (Phi) is 11.7. The summed E-state index contributed by atoms with van der Waals surface area (Å²) in [6, 6.07) is 18.8. The molecule has 0 bridgehead atoms. The number of amides is 1. The zero-order chi connectivity index (χ0) is 28.2. The molecule has 2 N–H and O–H groups in total. The van der Waals surface area contributed by atoms with Crippen molar-refractivity contribution < 1.29 is 28.9 Å². The van der Waals surface area contributed by atoms with Gasteiger partial charge in [0.05, 0.1) is 39.1 Å². The Morgan fingerprint density at radius 1 is 1.05 bits per heavy atom. The minimum Gasteiger partial charge on any atom is -0.468 e. The fourth-order valence-electron chi connectivity index (χ4n) is 5.64. The second kappa shape index (κ2) is 15.7. The molecule has 0 spiro atoms. The summed E-state index contributed by atoms with van der Waals surface area (Å²) in [6.07, 6.45) is 7.00. The van der Waals surface area contributed by atoms with Crippen LogP contribution in [0.4, 0.5) is 0 Å². The Bertz CT molecular complexity index is 1080. The SMILES string of the molecule is COC(=O)CNC(=O)CCCC=CC[C@@H]1[C@@H](N2CCOCC2)[C@H](O)C[C@@H]1OCc1ccc(-c2ccccc2)cc1. The van der Waals surface area contributed by atoms with Crippen molar-refractivity contribution in [1.29, 1.82) is 0 Å². The van der Waals surface area contributed by atoms with E-state index < -0.39 is 12.1 Å². The Balaban J connectivity index is 1.31. The second-order valence-electron chi connectivity index (χ2n) is 10.5. The molecule has 1 saturated carbocycles. The first-order valence-electron chi connectivity index (χ1n) is 14.3. The Morgan fingerprint density at radius 2 is 1.77 bits per heavy atom. The highest BCUT2D eigenvalue weighted by Gasteiger charge is 2.45. The summed E-state index contributed by atoms with van der Waals surface area (Å²) in [5.74, 6) is -0.450. The summed E-state index contributed by atoms with van der Waals surface area (Å²) in [5, 5.41) is 13.6. The Morgan fingerprint density at radius 3 is 2.50 bits per heavy atom. The molecule has 2 aromatic rings. The van der Waals surface area contributed by atoms with Gasteiger partial charge >= 0.3 is 5.97 Å². The van der Waals surface area contributed by atoms with Crippen LogP contribution in [0.5, 0.6) is 0 Å². The van der Waals surface area contributed by atoms with Gasteiger partial charge in [-0.05, 0) is 36.0 Å². The molecule has 216 valence electrons. The number of nitrogens with one attached hydrogen (secondary N) is 1. The number of hydrogen-bond acceptors (Lipinski definition) is 7. The smallest absolute Gasteiger partial charge is 0.325 e. The first-order valence-corrected chi connectivity index (χ1v) is 14.3. The van der Waals surface area contributed by atoms with Crippen molar-refractivity contribution in [3.8, 4) is 11.1 Å². The van der Waals surface area contributed by atoms with Gasteiger partial charge in [0.15, 0.2) is 0 Å². The molecular formula is C32H42N2O6. The van der Waals surface area contributed by atoms with Crippen LogP contribution in [-0.2, 0) is 30.4 Å². The van der Waals surface area contributed by atoms with E-state index in [2.05, 4.69) is 63.5 Å². The number of rotatable bonds is 13. The lowest BCUT2D eigenvalue weighted by molar-refractivity contribution is -0.141. The van der Waals surface area contributed by atoms with Gasteiger partial charge in [-0.25, -0.2) is 0 Å². The molecular weight excluding hydrogens is 508 g/mol. The summed E-state index contributed by atoms with van der Waals surface area (Å²) >= 11 is 0. The standard InChI is InChI=1S/C32H42N2O6/c1-38-31(37)22-33-30(36)12-8-3-2-7-11-27-29(21-28(35)32(27)34-17-19-39-20-18-34)40-23-24-13-15-26(16-14-24)25-9-5-4-6-10-25/h2,4-7,9-10,13-16,27-29,32,35H,3,8,11-12,17-23H2,1H3,(H,33,36)/t27-,28+,29-,32+/m0/s1. The van der Waals surface area contributed by atoms with E-state index in [1.807, 2.05) is 18.2 Å². The average Bonchev–Trinajstić information content (AvgIpc) is 3.32. The first kappa shape index (κ1) is 29.9. The molecule has 1 saturated heterocycles. The summed E-state index contributed by atoms with van der Waals surface area (Å²) in [5.41, 5.74) is 3.48. The van der Waals surface area contributed by atoms with Crippen molar-refractivity contribution in [2.24, 2.45) is 5.92 Å². The van der Waals surface area contributed by atoms with Gasteiger partial charge < -0.3 is 24.6 Å². The number of methoxy groups -OCH3 is 1. The zero-order valence-corrected chi connectivity index (χ0v) is 23.4. The molecule has 1 amide bonds. The highest BCUT2D eigenvalue weighted by Crippen LogP contribution is 2.36. The molecule has 0 aromatic heterocycles. The average molecular weight is 551 g/mol. The molecule has 2 fully saturated rings. The highest BCUT2D eigenvalue weighted by atomic mass is 16.5. The van der Waals surface area contributed by atoms with Crippen LogP contribution in [0.2, 0.25) is 0 Å². The van der Waals surface area contributed by atoms with Gasteiger partial charge in [-0.3, -0.25) is 14.5 Å². The summed E-state index contributed by atoms with van der Waals surface area (Å²) in [6.45, 7) is 3.40. The van der Waals surface area contributed by atoms with E-state index in [0.29, 0.717) is 39.1 Å². The third kappa shape index (κ3) is 8.73. The number of morpholine rings is 1. The summed E-state index contributed by atoms with van der Waals surface area (Å²) in [7, 11) is 1.30. The van der Waals surface area contributed by atoms with Crippen molar-refractivity contribution >= 4 is 11.9 Å². The predicted octanol–water partition coefficient (Wildman–Crippen LogP) is 3.73. The van der Waals surface area contributed by atoms with E-state index in [-0.39, 0.29) is 30.5 Å². The Labute approximate surface area is 237 Å². The van der Waals surface area contributed by atoms with E-state index in [4.69, 9.17) is 9.47 Å². The van der Waals surface area contributed by atoms with Gasteiger partial charge in [-0.1, -0.05) is 66.7 Å². The number of ether oxygens (including phenoxy) is 3. The van der Waals surface area contributed by atoms with Gasteiger partial charge in [0.25, 0.3) is 0 Å². The van der Waals surface area contributed by atoms with Crippen LogP contribution < -0.4 is 5.32 Å². The maximum atomic E-state index is 11.9. The predicted molar refractivity (Wildman–Crippen MR) is 153 cm³/mol. The molecule has 1 aliphatic carbocycles. The maximum absolute atomic E-state index is 11.9. The third-order valence-electron chi connectivity index (χ3n) is 7.78. The lowest BCUT2D eigenvalue weighted by atomic mass is 9.94. The number of carbonyl (C=O) groups is 2. The summed E-state index contributed by atoms with van der Waals surface area (Å²) < 4.78 is 16.6. The molecule has 4 rings (SSSR count). The second-order valence-corrected chi connectivity index (χ2v) is 10.5. The quantitative estimate of drug-likeness (QED) is 0.223. The van der Waals surface area contributed by atoms with Gasteiger partial charge in [-0.15, -0.1) is 0 Å². The van der Waals surface area contributed by atoms with Crippen molar-refractivity contribution in [2.75, 3.05) is 40.0 Å².